The van der Waals surface area contributed by atoms with Gasteiger partial charge in [0.05, 0.1) is 5.02 Å². The van der Waals surface area contributed by atoms with E-state index in [1.54, 1.807) is 11.8 Å². The van der Waals surface area contributed by atoms with Crippen molar-refractivity contribution >= 4 is 50.9 Å². The maximum atomic E-state index is 12.8. The second kappa shape index (κ2) is 10.3. The molecule has 1 aliphatic carbocycles. The monoisotopic (exact) mass is 452 g/mol. The molecule has 9 heteroatoms. The van der Waals surface area contributed by atoms with Crippen molar-refractivity contribution in [3.8, 4) is 0 Å². The zero-order valence-electron chi connectivity index (χ0n) is 15.5. The molecule has 0 unspecified atom stereocenters. The third-order valence-corrected chi connectivity index (χ3v) is 7.60. The maximum Gasteiger partial charge on any atom is 0.242 e. The lowest BCUT2D eigenvalue weighted by atomic mass is 9.87. The molecular formula is C18H26Cl2N2O3S2. The molecule has 2 rings (SSSR count). The van der Waals surface area contributed by atoms with Gasteiger partial charge in [0.25, 0.3) is 0 Å². The van der Waals surface area contributed by atoms with Gasteiger partial charge < -0.3 is 5.32 Å². The highest BCUT2D eigenvalue weighted by Gasteiger charge is 2.29. The summed E-state index contributed by atoms with van der Waals surface area (Å²) in [6.45, 7) is 2.21. The molecule has 0 saturated heterocycles. The van der Waals surface area contributed by atoms with Crippen LogP contribution in [0.25, 0.3) is 0 Å². The van der Waals surface area contributed by atoms with Crippen molar-refractivity contribution in [3.05, 3.63) is 28.2 Å². The third-order valence-electron chi connectivity index (χ3n) is 4.77. The normalized spacial score (nSPS) is 21.6. The lowest BCUT2D eigenvalue weighted by molar-refractivity contribution is -0.123. The van der Waals surface area contributed by atoms with Gasteiger partial charge in [0.1, 0.15) is 10.9 Å². The molecule has 1 aromatic rings. The van der Waals surface area contributed by atoms with Crippen LogP contribution in [0, 0.1) is 5.92 Å². The number of sulfonamides is 1. The summed E-state index contributed by atoms with van der Waals surface area (Å²) in [4.78, 5) is 12.6. The fourth-order valence-electron chi connectivity index (χ4n) is 3.12. The Morgan fingerprint density at radius 2 is 1.93 bits per heavy atom. The Labute approximate surface area is 176 Å². The predicted molar refractivity (Wildman–Crippen MR) is 113 cm³/mol. The van der Waals surface area contributed by atoms with E-state index >= 15 is 0 Å². The van der Waals surface area contributed by atoms with E-state index in [0.29, 0.717) is 18.1 Å². The molecule has 1 atom stereocenters. The second-order valence-corrected chi connectivity index (χ2v) is 10.5. The van der Waals surface area contributed by atoms with Gasteiger partial charge in [-0.1, -0.05) is 30.1 Å². The Morgan fingerprint density at radius 1 is 1.26 bits per heavy atom. The first-order valence-electron chi connectivity index (χ1n) is 8.99. The smallest absolute Gasteiger partial charge is 0.242 e. The number of nitrogens with one attached hydrogen (secondary N) is 2. The number of carbonyl (C=O) groups is 1. The molecular weight excluding hydrogens is 427 g/mol. The molecule has 1 aromatic carbocycles. The van der Waals surface area contributed by atoms with Crippen LogP contribution in [0.3, 0.4) is 0 Å². The first-order valence-corrected chi connectivity index (χ1v) is 12.6. The van der Waals surface area contributed by atoms with Crippen molar-refractivity contribution in [2.45, 2.75) is 56.0 Å². The minimum Gasteiger partial charge on any atom is -0.352 e. The van der Waals surface area contributed by atoms with Gasteiger partial charge in [0, 0.05) is 11.1 Å². The maximum absolute atomic E-state index is 12.8. The summed E-state index contributed by atoms with van der Waals surface area (Å²) >= 11 is 13.5. The lowest BCUT2D eigenvalue weighted by Crippen LogP contribution is -2.50. The molecule has 0 spiro atoms. The van der Waals surface area contributed by atoms with Gasteiger partial charge in [0.15, 0.2) is 0 Å². The van der Waals surface area contributed by atoms with Crippen LogP contribution in [0.4, 0.5) is 0 Å². The Balaban J connectivity index is 2.12. The van der Waals surface area contributed by atoms with Crippen molar-refractivity contribution in [2.24, 2.45) is 5.92 Å². The highest BCUT2D eigenvalue weighted by molar-refractivity contribution is 7.98. The molecule has 0 aromatic heterocycles. The van der Waals surface area contributed by atoms with Gasteiger partial charge in [-0.05, 0) is 68.2 Å². The molecule has 1 aliphatic rings. The molecule has 5 nitrogen and oxygen atoms in total. The first-order chi connectivity index (χ1) is 12.7. The number of halogens is 2. The van der Waals surface area contributed by atoms with E-state index in [1.165, 1.54) is 18.2 Å². The largest absolute Gasteiger partial charge is 0.352 e. The van der Waals surface area contributed by atoms with E-state index in [9.17, 15) is 13.2 Å². The Hall–Kier alpha value is -0.470. The molecule has 2 N–H and O–H groups in total. The summed E-state index contributed by atoms with van der Waals surface area (Å²) < 4.78 is 28.1. The zero-order chi connectivity index (χ0) is 20.0. The van der Waals surface area contributed by atoms with Crippen LogP contribution in [-0.2, 0) is 14.8 Å². The van der Waals surface area contributed by atoms with E-state index in [1.807, 2.05) is 6.26 Å². The predicted octanol–water partition coefficient (Wildman–Crippen LogP) is 4.09. The van der Waals surface area contributed by atoms with Gasteiger partial charge in [-0.2, -0.15) is 16.5 Å². The summed E-state index contributed by atoms with van der Waals surface area (Å²) in [7, 11) is -3.97. The molecule has 27 heavy (non-hydrogen) atoms. The van der Waals surface area contributed by atoms with E-state index in [0.717, 1.165) is 25.7 Å². The molecule has 1 saturated carbocycles. The van der Waals surface area contributed by atoms with Gasteiger partial charge in [0.2, 0.25) is 15.9 Å². The minimum absolute atomic E-state index is 0.0668. The van der Waals surface area contributed by atoms with Crippen molar-refractivity contribution in [1.29, 1.82) is 0 Å². The standard InChI is InChI=1S/C18H26Cl2N2O3S2/c1-12-3-6-14(7-4-12)21-18(23)16(9-10-26-2)22-27(24,25)17-11-13(19)5-8-15(17)20/h5,8,11-12,14,16,22H,3-4,6-7,9-10H2,1-2H3,(H,21,23)/t12?,14?,16-/m1/s1. The minimum atomic E-state index is -3.97. The van der Waals surface area contributed by atoms with Crippen molar-refractivity contribution < 1.29 is 13.2 Å². The van der Waals surface area contributed by atoms with Gasteiger partial charge in [-0.25, -0.2) is 8.42 Å². The molecule has 0 radical (unpaired) electrons. The number of thioether (sulfide) groups is 1. The highest BCUT2D eigenvalue weighted by Crippen LogP contribution is 2.26. The fourth-order valence-corrected chi connectivity index (χ4v) is 5.58. The molecule has 0 heterocycles. The van der Waals surface area contributed by atoms with Crippen LogP contribution in [0.1, 0.15) is 39.0 Å². The first kappa shape index (κ1) is 22.8. The van der Waals surface area contributed by atoms with E-state index < -0.39 is 16.1 Å². The Kier molecular flexibility index (Phi) is 8.74. The summed E-state index contributed by atoms with van der Waals surface area (Å²) in [5.74, 6) is 1.05. The number of hydrogen-bond donors (Lipinski definition) is 2. The van der Waals surface area contributed by atoms with Crippen LogP contribution >= 0.6 is 35.0 Å². The number of rotatable bonds is 8. The third kappa shape index (κ3) is 6.82. The van der Waals surface area contributed by atoms with E-state index in [2.05, 4.69) is 17.0 Å². The van der Waals surface area contributed by atoms with Crippen molar-refractivity contribution in [3.63, 3.8) is 0 Å². The van der Waals surface area contributed by atoms with E-state index in [-0.39, 0.29) is 26.9 Å². The molecule has 152 valence electrons. The van der Waals surface area contributed by atoms with Gasteiger partial charge >= 0.3 is 0 Å². The number of hydrogen-bond acceptors (Lipinski definition) is 4. The highest BCUT2D eigenvalue weighted by atomic mass is 35.5. The SMILES string of the molecule is CSCC[C@@H](NS(=O)(=O)c1cc(Cl)ccc1Cl)C(=O)NC1CCC(C)CC1. The Morgan fingerprint density at radius 3 is 2.56 bits per heavy atom. The number of carbonyl (C=O) groups excluding carboxylic acids is 1. The summed E-state index contributed by atoms with van der Waals surface area (Å²) in [6, 6.07) is 3.49. The van der Waals surface area contributed by atoms with Gasteiger partial charge in [-0.3, -0.25) is 4.79 Å². The van der Waals surface area contributed by atoms with Crippen LogP contribution in [0.15, 0.2) is 23.1 Å². The van der Waals surface area contributed by atoms with E-state index in [4.69, 9.17) is 23.2 Å². The Bertz CT molecular complexity index is 751. The summed E-state index contributed by atoms with van der Waals surface area (Å²) in [5, 5.41) is 3.35. The summed E-state index contributed by atoms with van der Waals surface area (Å²) in [6.07, 6.45) is 6.31. The van der Waals surface area contributed by atoms with Crippen LogP contribution < -0.4 is 10.0 Å². The number of benzene rings is 1. The van der Waals surface area contributed by atoms with Gasteiger partial charge in [-0.15, -0.1) is 0 Å². The van der Waals surface area contributed by atoms with Crippen molar-refractivity contribution in [1.82, 2.24) is 10.0 Å². The lowest BCUT2D eigenvalue weighted by Gasteiger charge is -2.28. The van der Waals surface area contributed by atoms with Crippen LogP contribution in [0.5, 0.6) is 0 Å². The molecule has 1 fully saturated rings. The molecule has 1 amide bonds. The summed E-state index contributed by atoms with van der Waals surface area (Å²) in [5.41, 5.74) is 0. The van der Waals surface area contributed by atoms with Crippen molar-refractivity contribution in [2.75, 3.05) is 12.0 Å². The van der Waals surface area contributed by atoms with Crippen LogP contribution in [0.2, 0.25) is 10.0 Å². The topological polar surface area (TPSA) is 75.3 Å². The fraction of sp³-hybridized carbons (Fsp3) is 0.611. The number of amides is 1. The quantitative estimate of drug-likeness (QED) is 0.622. The second-order valence-electron chi connectivity index (χ2n) is 7.00. The average Bonchev–Trinajstić information content (AvgIpc) is 2.62. The molecule has 0 bridgehead atoms. The van der Waals surface area contributed by atoms with Crippen LogP contribution in [-0.4, -0.2) is 38.4 Å². The zero-order valence-corrected chi connectivity index (χ0v) is 18.6. The molecule has 0 aliphatic heterocycles. The average molecular weight is 453 g/mol.